The van der Waals surface area contributed by atoms with Gasteiger partial charge in [-0.3, -0.25) is 4.79 Å². The van der Waals surface area contributed by atoms with Gasteiger partial charge in [-0.25, -0.2) is 0 Å². The number of amides is 1. The van der Waals surface area contributed by atoms with Crippen molar-refractivity contribution >= 4 is 5.91 Å². The number of carbonyl (C=O) groups is 1. The summed E-state index contributed by atoms with van der Waals surface area (Å²) in [6.45, 7) is 3.66. The van der Waals surface area contributed by atoms with Gasteiger partial charge in [-0.05, 0) is 42.5 Å². The molecule has 4 nitrogen and oxygen atoms in total. The normalized spacial score (nSPS) is 16.6. The van der Waals surface area contributed by atoms with E-state index in [1.54, 1.807) is 0 Å². The Bertz CT molecular complexity index is 704. The van der Waals surface area contributed by atoms with Crippen molar-refractivity contribution in [2.45, 2.75) is 31.8 Å². The van der Waals surface area contributed by atoms with Gasteiger partial charge >= 0.3 is 0 Å². The molecular weight excluding hydrogens is 300 g/mol. The standard InChI is InChI=1S/C20H24N2O2/c1-15-5-7-17(8-6-15)18-4-2-3-16(13-18)14-22-19(23)20(21)9-11-24-12-10-20/h2-8,13H,9-12,14,21H2,1H3,(H,22,23). The van der Waals surface area contributed by atoms with Crippen LogP contribution in [0.25, 0.3) is 11.1 Å². The smallest absolute Gasteiger partial charge is 0.240 e. The van der Waals surface area contributed by atoms with Crippen LogP contribution in [0.2, 0.25) is 0 Å². The molecule has 0 saturated carbocycles. The zero-order chi connectivity index (χ0) is 17.0. The minimum absolute atomic E-state index is 0.0912. The maximum Gasteiger partial charge on any atom is 0.240 e. The van der Waals surface area contributed by atoms with E-state index < -0.39 is 5.54 Å². The van der Waals surface area contributed by atoms with Crippen LogP contribution >= 0.6 is 0 Å². The second kappa shape index (κ2) is 7.16. The molecule has 0 atom stereocenters. The monoisotopic (exact) mass is 324 g/mol. The third kappa shape index (κ3) is 3.83. The Kier molecular flexibility index (Phi) is 4.97. The number of rotatable bonds is 4. The van der Waals surface area contributed by atoms with E-state index in [9.17, 15) is 4.79 Å². The van der Waals surface area contributed by atoms with Crippen LogP contribution in [0.5, 0.6) is 0 Å². The summed E-state index contributed by atoms with van der Waals surface area (Å²) in [6, 6.07) is 16.7. The van der Waals surface area contributed by atoms with Gasteiger partial charge in [0.25, 0.3) is 0 Å². The molecule has 3 rings (SSSR count). The number of hydrogen-bond acceptors (Lipinski definition) is 3. The lowest BCUT2D eigenvalue weighted by Gasteiger charge is -2.31. The molecular formula is C20H24N2O2. The third-order valence-corrected chi connectivity index (χ3v) is 4.60. The minimum Gasteiger partial charge on any atom is -0.381 e. The Morgan fingerprint density at radius 3 is 2.54 bits per heavy atom. The first-order valence-electron chi connectivity index (χ1n) is 8.38. The number of aryl methyl sites for hydroxylation is 1. The Labute approximate surface area is 143 Å². The summed E-state index contributed by atoms with van der Waals surface area (Å²) in [4.78, 5) is 12.4. The van der Waals surface area contributed by atoms with Crippen LogP contribution in [-0.2, 0) is 16.1 Å². The molecule has 1 aliphatic heterocycles. The second-order valence-corrected chi connectivity index (χ2v) is 6.52. The van der Waals surface area contributed by atoms with E-state index in [0.717, 1.165) is 11.1 Å². The van der Waals surface area contributed by atoms with E-state index >= 15 is 0 Å². The number of hydrogen-bond donors (Lipinski definition) is 2. The molecule has 0 aliphatic carbocycles. The highest BCUT2D eigenvalue weighted by atomic mass is 16.5. The topological polar surface area (TPSA) is 64.4 Å². The number of benzene rings is 2. The Morgan fingerprint density at radius 2 is 1.83 bits per heavy atom. The molecule has 1 amide bonds. The zero-order valence-corrected chi connectivity index (χ0v) is 14.0. The van der Waals surface area contributed by atoms with Crippen LogP contribution in [0.1, 0.15) is 24.0 Å². The number of carbonyl (C=O) groups excluding carboxylic acids is 1. The Morgan fingerprint density at radius 1 is 1.12 bits per heavy atom. The maximum atomic E-state index is 12.4. The molecule has 0 radical (unpaired) electrons. The molecule has 24 heavy (non-hydrogen) atoms. The highest BCUT2D eigenvalue weighted by Gasteiger charge is 2.35. The lowest BCUT2D eigenvalue weighted by molar-refractivity contribution is -0.129. The summed E-state index contributed by atoms with van der Waals surface area (Å²) in [5.74, 6) is -0.0912. The highest BCUT2D eigenvalue weighted by Crippen LogP contribution is 2.21. The first-order valence-corrected chi connectivity index (χ1v) is 8.38. The second-order valence-electron chi connectivity index (χ2n) is 6.52. The predicted octanol–water partition coefficient (Wildman–Crippen LogP) is 2.79. The Hall–Kier alpha value is -2.17. The van der Waals surface area contributed by atoms with Crippen molar-refractivity contribution in [3.63, 3.8) is 0 Å². The van der Waals surface area contributed by atoms with Gasteiger partial charge in [-0.1, -0.05) is 48.0 Å². The molecule has 3 N–H and O–H groups in total. The molecule has 2 aromatic carbocycles. The number of nitrogens with two attached hydrogens (primary N) is 1. The molecule has 0 bridgehead atoms. The van der Waals surface area contributed by atoms with Gasteiger partial charge in [-0.2, -0.15) is 0 Å². The van der Waals surface area contributed by atoms with Crippen molar-refractivity contribution in [1.82, 2.24) is 5.32 Å². The van der Waals surface area contributed by atoms with Gasteiger partial charge in [0.1, 0.15) is 0 Å². The quantitative estimate of drug-likeness (QED) is 0.909. The Balaban J connectivity index is 1.66. The van der Waals surface area contributed by atoms with E-state index in [4.69, 9.17) is 10.5 Å². The SMILES string of the molecule is Cc1ccc(-c2cccc(CNC(=O)C3(N)CCOCC3)c2)cc1. The largest absolute Gasteiger partial charge is 0.381 e. The fraction of sp³-hybridized carbons (Fsp3) is 0.350. The number of nitrogens with one attached hydrogen (secondary N) is 1. The van der Waals surface area contributed by atoms with Crippen molar-refractivity contribution in [2.24, 2.45) is 5.73 Å². The predicted molar refractivity (Wildman–Crippen MR) is 95.4 cm³/mol. The molecule has 126 valence electrons. The van der Waals surface area contributed by atoms with Gasteiger partial charge < -0.3 is 15.8 Å². The minimum atomic E-state index is -0.799. The van der Waals surface area contributed by atoms with E-state index in [1.807, 2.05) is 12.1 Å². The van der Waals surface area contributed by atoms with Crippen LogP contribution in [0.3, 0.4) is 0 Å². The van der Waals surface area contributed by atoms with Gasteiger partial charge in [0, 0.05) is 19.8 Å². The van der Waals surface area contributed by atoms with E-state index in [-0.39, 0.29) is 5.91 Å². The average Bonchev–Trinajstić information content (AvgIpc) is 2.61. The fourth-order valence-corrected chi connectivity index (χ4v) is 2.93. The zero-order valence-electron chi connectivity index (χ0n) is 14.0. The van der Waals surface area contributed by atoms with Crippen molar-refractivity contribution < 1.29 is 9.53 Å². The van der Waals surface area contributed by atoms with Crippen LogP contribution in [0.4, 0.5) is 0 Å². The molecule has 1 fully saturated rings. The highest BCUT2D eigenvalue weighted by molar-refractivity contribution is 5.86. The summed E-state index contributed by atoms with van der Waals surface area (Å²) in [5.41, 5.74) is 10.0. The molecule has 1 saturated heterocycles. The summed E-state index contributed by atoms with van der Waals surface area (Å²) in [7, 11) is 0. The molecule has 4 heteroatoms. The molecule has 1 heterocycles. The van der Waals surface area contributed by atoms with Crippen LogP contribution in [0, 0.1) is 6.92 Å². The molecule has 0 spiro atoms. The van der Waals surface area contributed by atoms with Crippen LogP contribution in [-0.4, -0.2) is 24.7 Å². The van der Waals surface area contributed by atoms with Gasteiger partial charge in [0.2, 0.25) is 5.91 Å². The van der Waals surface area contributed by atoms with Crippen molar-refractivity contribution in [3.05, 3.63) is 59.7 Å². The summed E-state index contributed by atoms with van der Waals surface area (Å²) >= 11 is 0. The molecule has 0 unspecified atom stereocenters. The average molecular weight is 324 g/mol. The molecule has 1 aliphatic rings. The maximum absolute atomic E-state index is 12.4. The molecule has 0 aromatic heterocycles. The lowest BCUT2D eigenvalue weighted by atomic mass is 9.90. The first kappa shape index (κ1) is 16.7. The summed E-state index contributed by atoms with van der Waals surface area (Å²) < 4.78 is 5.29. The molecule has 2 aromatic rings. The van der Waals surface area contributed by atoms with Gasteiger partial charge in [0.05, 0.1) is 5.54 Å². The van der Waals surface area contributed by atoms with Gasteiger partial charge in [-0.15, -0.1) is 0 Å². The van der Waals surface area contributed by atoms with Crippen LogP contribution < -0.4 is 11.1 Å². The fourth-order valence-electron chi connectivity index (χ4n) is 2.93. The lowest BCUT2D eigenvalue weighted by Crippen LogP contribution is -2.56. The number of ether oxygens (including phenoxy) is 1. The van der Waals surface area contributed by atoms with Crippen molar-refractivity contribution in [3.8, 4) is 11.1 Å². The van der Waals surface area contributed by atoms with Crippen LogP contribution in [0.15, 0.2) is 48.5 Å². The third-order valence-electron chi connectivity index (χ3n) is 4.60. The van der Waals surface area contributed by atoms with Gasteiger partial charge in [0.15, 0.2) is 0 Å². The van der Waals surface area contributed by atoms with E-state index in [0.29, 0.717) is 32.6 Å². The summed E-state index contributed by atoms with van der Waals surface area (Å²) in [6.07, 6.45) is 1.14. The first-order chi connectivity index (χ1) is 11.6. The van der Waals surface area contributed by atoms with Crippen molar-refractivity contribution in [1.29, 1.82) is 0 Å². The van der Waals surface area contributed by atoms with Crippen molar-refractivity contribution in [2.75, 3.05) is 13.2 Å². The van der Waals surface area contributed by atoms with E-state index in [1.165, 1.54) is 11.1 Å². The van der Waals surface area contributed by atoms with E-state index in [2.05, 4.69) is 48.6 Å². The summed E-state index contributed by atoms with van der Waals surface area (Å²) in [5, 5.41) is 2.98.